The second kappa shape index (κ2) is 6.75. The van der Waals surface area contributed by atoms with Crippen molar-refractivity contribution in [2.24, 2.45) is 0 Å². The first-order valence-electron chi connectivity index (χ1n) is 7.12. The van der Waals surface area contributed by atoms with E-state index in [1.165, 1.54) is 7.11 Å². The minimum Gasteiger partial charge on any atom is -0.480 e. The summed E-state index contributed by atoms with van der Waals surface area (Å²) in [5.74, 6) is -1.94. The van der Waals surface area contributed by atoms with E-state index in [9.17, 15) is 14.4 Å². The van der Waals surface area contributed by atoms with E-state index >= 15 is 0 Å². The van der Waals surface area contributed by atoms with Crippen molar-refractivity contribution < 1.29 is 24.2 Å². The zero-order chi connectivity index (χ0) is 15.4. The zero-order valence-electron chi connectivity index (χ0n) is 12.0. The number of esters is 1. The molecule has 0 aromatic rings. The summed E-state index contributed by atoms with van der Waals surface area (Å²) >= 11 is 0. The van der Waals surface area contributed by atoms with E-state index in [0.29, 0.717) is 6.04 Å². The Hall–Kier alpha value is -1.83. The predicted octanol–water partition coefficient (Wildman–Crippen LogP) is -0.461. The molecule has 2 fully saturated rings. The van der Waals surface area contributed by atoms with Gasteiger partial charge in [-0.25, -0.2) is 9.59 Å². The number of carboxylic acid groups (broad SMARTS) is 1. The SMILES string of the molecule is COC(=O)C[C@H](NC(=O)NC1CCN2CCCC12)C(=O)O. The number of rotatable bonds is 5. The van der Waals surface area contributed by atoms with E-state index in [1.807, 2.05) is 0 Å². The van der Waals surface area contributed by atoms with Gasteiger partial charge in [-0.15, -0.1) is 0 Å². The summed E-state index contributed by atoms with van der Waals surface area (Å²) in [4.78, 5) is 36.4. The molecule has 2 amide bonds. The van der Waals surface area contributed by atoms with E-state index in [1.54, 1.807) is 0 Å². The number of carboxylic acids is 1. The number of amides is 2. The van der Waals surface area contributed by atoms with Crippen LogP contribution >= 0.6 is 0 Å². The van der Waals surface area contributed by atoms with Crippen molar-refractivity contribution in [3.63, 3.8) is 0 Å². The molecule has 0 radical (unpaired) electrons. The summed E-state index contributed by atoms with van der Waals surface area (Å²) in [7, 11) is 1.18. The highest BCUT2D eigenvalue weighted by molar-refractivity contribution is 5.86. The first-order chi connectivity index (χ1) is 10.0. The van der Waals surface area contributed by atoms with Crippen molar-refractivity contribution in [3.8, 4) is 0 Å². The van der Waals surface area contributed by atoms with Gasteiger partial charge in [-0.05, 0) is 25.8 Å². The van der Waals surface area contributed by atoms with Crippen LogP contribution in [-0.4, -0.2) is 66.3 Å². The number of aliphatic carboxylic acids is 1. The number of hydrogen-bond donors (Lipinski definition) is 3. The second-order valence-corrected chi connectivity index (χ2v) is 5.43. The molecule has 3 N–H and O–H groups in total. The van der Waals surface area contributed by atoms with E-state index in [0.717, 1.165) is 32.4 Å². The molecule has 0 bridgehead atoms. The number of carbonyl (C=O) groups excluding carboxylic acids is 2. The first kappa shape index (κ1) is 15.6. The molecule has 0 saturated carbocycles. The van der Waals surface area contributed by atoms with Gasteiger partial charge in [-0.3, -0.25) is 9.69 Å². The lowest BCUT2D eigenvalue weighted by Crippen LogP contribution is -2.52. The summed E-state index contributed by atoms with van der Waals surface area (Å²) in [6.45, 7) is 2.02. The van der Waals surface area contributed by atoms with Crippen molar-refractivity contribution in [1.82, 2.24) is 15.5 Å². The fourth-order valence-corrected chi connectivity index (χ4v) is 3.07. The van der Waals surface area contributed by atoms with Gasteiger partial charge in [0.15, 0.2) is 0 Å². The van der Waals surface area contributed by atoms with Crippen molar-refractivity contribution >= 4 is 18.0 Å². The Balaban J connectivity index is 1.84. The molecule has 2 unspecified atom stereocenters. The van der Waals surface area contributed by atoms with Crippen LogP contribution in [0, 0.1) is 0 Å². The summed E-state index contributed by atoms with van der Waals surface area (Å²) in [6.07, 6.45) is 2.66. The number of carbonyl (C=O) groups is 3. The monoisotopic (exact) mass is 299 g/mol. The van der Waals surface area contributed by atoms with Crippen LogP contribution in [0.1, 0.15) is 25.7 Å². The molecule has 2 rings (SSSR count). The van der Waals surface area contributed by atoms with Gasteiger partial charge in [0.25, 0.3) is 0 Å². The van der Waals surface area contributed by atoms with E-state index in [-0.39, 0.29) is 12.5 Å². The topological polar surface area (TPSA) is 108 Å². The largest absolute Gasteiger partial charge is 0.480 e. The van der Waals surface area contributed by atoms with Crippen molar-refractivity contribution in [2.45, 2.75) is 43.8 Å². The molecule has 2 aliphatic rings. The third-order valence-electron chi connectivity index (χ3n) is 4.12. The van der Waals surface area contributed by atoms with Crippen molar-refractivity contribution in [3.05, 3.63) is 0 Å². The van der Waals surface area contributed by atoms with Crippen LogP contribution in [0.5, 0.6) is 0 Å². The van der Waals surface area contributed by atoms with Crippen LogP contribution in [0.2, 0.25) is 0 Å². The lowest BCUT2D eigenvalue weighted by molar-refractivity contribution is -0.147. The van der Waals surface area contributed by atoms with Gasteiger partial charge in [-0.1, -0.05) is 0 Å². The minimum absolute atomic E-state index is 0.0417. The van der Waals surface area contributed by atoms with Crippen LogP contribution in [0.25, 0.3) is 0 Å². The molecule has 3 atom stereocenters. The van der Waals surface area contributed by atoms with E-state index in [4.69, 9.17) is 5.11 Å². The minimum atomic E-state index is -1.28. The molecule has 0 aromatic heterocycles. The molecule has 21 heavy (non-hydrogen) atoms. The zero-order valence-corrected chi connectivity index (χ0v) is 12.0. The lowest BCUT2D eigenvalue weighted by atomic mass is 10.1. The molecule has 2 heterocycles. The third-order valence-corrected chi connectivity index (χ3v) is 4.12. The Bertz CT molecular complexity index is 428. The number of fused-ring (bicyclic) bond motifs is 1. The molecular weight excluding hydrogens is 278 g/mol. The maximum Gasteiger partial charge on any atom is 0.326 e. The van der Waals surface area contributed by atoms with Crippen LogP contribution in [0.3, 0.4) is 0 Å². The highest BCUT2D eigenvalue weighted by Crippen LogP contribution is 2.27. The molecule has 8 heteroatoms. The molecule has 0 aromatic carbocycles. The van der Waals surface area contributed by atoms with Crippen molar-refractivity contribution in [2.75, 3.05) is 20.2 Å². The van der Waals surface area contributed by atoms with E-state index < -0.39 is 24.0 Å². The molecule has 2 aliphatic heterocycles. The molecule has 0 spiro atoms. The molecule has 2 saturated heterocycles. The second-order valence-electron chi connectivity index (χ2n) is 5.43. The fraction of sp³-hybridized carbons (Fsp3) is 0.769. The maximum atomic E-state index is 11.9. The Morgan fingerprint density at radius 2 is 2.10 bits per heavy atom. The maximum absolute atomic E-state index is 11.9. The average Bonchev–Trinajstić information content (AvgIpc) is 3.02. The van der Waals surface area contributed by atoms with Gasteiger partial charge in [-0.2, -0.15) is 0 Å². The van der Waals surface area contributed by atoms with E-state index in [2.05, 4.69) is 20.3 Å². The third kappa shape index (κ3) is 3.84. The Kier molecular flexibility index (Phi) is 5.00. The number of hydrogen-bond acceptors (Lipinski definition) is 5. The predicted molar refractivity (Wildman–Crippen MR) is 72.7 cm³/mol. The Morgan fingerprint density at radius 3 is 2.76 bits per heavy atom. The van der Waals surface area contributed by atoms with Gasteiger partial charge in [0.1, 0.15) is 6.04 Å². The van der Waals surface area contributed by atoms with Crippen LogP contribution in [0.15, 0.2) is 0 Å². The van der Waals surface area contributed by atoms with Crippen LogP contribution in [0.4, 0.5) is 4.79 Å². The summed E-state index contributed by atoms with van der Waals surface area (Å²) < 4.78 is 4.42. The smallest absolute Gasteiger partial charge is 0.326 e. The number of urea groups is 1. The van der Waals surface area contributed by atoms with Gasteiger partial charge in [0.05, 0.1) is 13.5 Å². The summed E-state index contributed by atoms with van der Waals surface area (Å²) in [6, 6.07) is -1.44. The molecular formula is C13H21N3O5. The Labute approximate surface area is 122 Å². The standard InChI is InChI=1S/C13H21N3O5/c1-21-11(17)7-9(12(18)19)15-13(20)14-8-4-6-16-5-2-3-10(8)16/h8-10H,2-7H2,1H3,(H,18,19)(H2,14,15,20)/t8?,9-,10?/m0/s1. The van der Waals surface area contributed by atoms with Gasteiger partial charge in [0, 0.05) is 18.6 Å². The Morgan fingerprint density at radius 1 is 1.33 bits per heavy atom. The van der Waals surface area contributed by atoms with Crippen LogP contribution < -0.4 is 10.6 Å². The number of ether oxygens (including phenoxy) is 1. The first-order valence-corrected chi connectivity index (χ1v) is 7.12. The highest BCUT2D eigenvalue weighted by Gasteiger charge is 2.38. The van der Waals surface area contributed by atoms with Gasteiger partial charge >= 0.3 is 18.0 Å². The lowest BCUT2D eigenvalue weighted by Gasteiger charge is -2.22. The van der Waals surface area contributed by atoms with Gasteiger partial charge < -0.3 is 20.5 Å². The highest BCUT2D eigenvalue weighted by atomic mass is 16.5. The van der Waals surface area contributed by atoms with Crippen molar-refractivity contribution in [1.29, 1.82) is 0 Å². The average molecular weight is 299 g/mol. The quantitative estimate of drug-likeness (QED) is 0.593. The molecule has 8 nitrogen and oxygen atoms in total. The molecule has 118 valence electrons. The van der Waals surface area contributed by atoms with Gasteiger partial charge in [0.2, 0.25) is 0 Å². The number of nitrogens with zero attached hydrogens (tertiary/aromatic N) is 1. The van der Waals surface area contributed by atoms with Crippen LogP contribution in [-0.2, 0) is 14.3 Å². The molecule has 0 aliphatic carbocycles. The normalized spacial score (nSPS) is 26.0. The number of nitrogens with one attached hydrogen (secondary N) is 2. The fourth-order valence-electron chi connectivity index (χ4n) is 3.07. The summed E-state index contributed by atoms with van der Waals surface area (Å²) in [5.41, 5.74) is 0. The summed E-state index contributed by atoms with van der Waals surface area (Å²) in [5, 5.41) is 14.2. The number of methoxy groups -OCH3 is 1.